The molecule has 1 aliphatic rings. The molecule has 0 unspecified atom stereocenters. The molecular weight excluding hydrogens is 294 g/mol. The lowest BCUT2D eigenvalue weighted by atomic mass is 10.1. The molecule has 2 N–H and O–H groups in total. The Labute approximate surface area is 135 Å². The molecule has 3 heterocycles. The standard InChI is InChI=1S/C17H23N3OS/c1-2-3-7-12-8-9-13-14(18)15(22-16(13)19-12)17(21)20-10-5-4-6-11-20/h8-9H,2-7,10-11,18H2,1H3. The number of hydrogen-bond donors (Lipinski definition) is 1. The topological polar surface area (TPSA) is 59.2 Å². The highest BCUT2D eigenvalue weighted by atomic mass is 32.1. The average molecular weight is 317 g/mol. The monoisotopic (exact) mass is 317 g/mol. The van der Waals surface area contributed by atoms with Gasteiger partial charge in [-0.15, -0.1) is 11.3 Å². The van der Waals surface area contributed by atoms with Crippen molar-refractivity contribution < 1.29 is 4.79 Å². The van der Waals surface area contributed by atoms with E-state index in [1.54, 1.807) is 0 Å². The van der Waals surface area contributed by atoms with Crippen LogP contribution in [0.4, 0.5) is 5.69 Å². The van der Waals surface area contributed by atoms with E-state index in [1.165, 1.54) is 17.8 Å². The largest absolute Gasteiger partial charge is 0.397 e. The Bertz CT molecular complexity index is 674. The molecule has 5 heteroatoms. The van der Waals surface area contributed by atoms with E-state index in [0.717, 1.165) is 61.1 Å². The Morgan fingerprint density at radius 2 is 2.09 bits per heavy atom. The van der Waals surface area contributed by atoms with Gasteiger partial charge in [-0.05, 0) is 44.2 Å². The van der Waals surface area contributed by atoms with E-state index in [1.807, 2.05) is 17.0 Å². The number of likely N-dealkylation sites (tertiary alicyclic amines) is 1. The summed E-state index contributed by atoms with van der Waals surface area (Å²) in [6.07, 6.45) is 6.68. The summed E-state index contributed by atoms with van der Waals surface area (Å²) < 4.78 is 0. The van der Waals surface area contributed by atoms with Crippen LogP contribution in [-0.2, 0) is 6.42 Å². The minimum atomic E-state index is 0.0790. The van der Waals surface area contributed by atoms with Gasteiger partial charge in [0.15, 0.2) is 0 Å². The summed E-state index contributed by atoms with van der Waals surface area (Å²) in [5, 5.41) is 0.922. The number of piperidine rings is 1. The molecule has 0 aliphatic carbocycles. The molecule has 1 saturated heterocycles. The van der Waals surface area contributed by atoms with Crippen molar-refractivity contribution >= 4 is 33.1 Å². The van der Waals surface area contributed by atoms with Gasteiger partial charge in [-0.25, -0.2) is 4.98 Å². The minimum absolute atomic E-state index is 0.0790. The van der Waals surface area contributed by atoms with Gasteiger partial charge in [0.1, 0.15) is 9.71 Å². The number of pyridine rings is 1. The van der Waals surface area contributed by atoms with Crippen molar-refractivity contribution in [3.05, 3.63) is 22.7 Å². The first-order chi connectivity index (χ1) is 10.7. The van der Waals surface area contributed by atoms with Crippen molar-refractivity contribution in [2.75, 3.05) is 18.8 Å². The maximum Gasteiger partial charge on any atom is 0.266 e. The van der Waals surface area contributed by atoms with Crippen LogP contribution in [0, 0.1) is 0 Å². The number of thiophene rings is 1. The summed E-state index contributed by atoms with van der Waals surface area (Å²) in [6, 6.07) is 4.06. The Kier molecular flexibility index (Phi) is 4.62. The third-order valence-electron chi connectivity index (χ3n) is 4.28. The van der Waals surface area contributed by atoms with Gasteiger partial charge in [-0.2, -0.15) is 0 Å². The summed E-state index contributed by atoms with van der Waals surface area (Å²) in [6.45, 7) is 3.88. The number of anilines is 1. The highest BCUT2D eigenvalue weighted by Gasteiger charge is 2.23. The van der Waals surface area contributed by atoms with Gasteiger partial charge in [-0.3, -0.25) is 4.79 Å². The zero-order valence-electron chi connectivity index (χ0n) is 13.1. The highest BCUT2D eigenvalue weighted by Crippen LogP contribution is 2.34. The van der Waals surface area contributed by atoms with Gasteiger partial charge in [0.2, 0.25) is 0 Å². The van der Waals surface area contributed by atoms with Crippen LogP contribution in [0.5, 0.6) is 0 Å². The van der Waals surface area contributed by atoms with E-state index in [4.69, 9.17) is 5.73 Å². The number of carbonyl (C=O) groups excluding carboxylic acids is 1. The molecule has 118 valence electrons. The summed E-state index contributed by atoms with van der Waals surface area (Å²) in [5.41, 5.74) is 7.91. The normalized spacial score (nSPS) is 15.4. The summed E-state index contributed by atoms with van der Waals surface area (Å²) >= 11 is 1.45. The van der Waals surface area contributed by atoms with E-state index < -0.39 is 0 Å². The molecule has 0 spiro atoms. The van der Waals surface area contributed by atoms with E-state index in [-0.39, 0.29) is 5.91 Å². The fraction of sp³-hybridized carbons (Fsp3) is 0.529. The van der Waals surface area contributed by atoms with Crippen LogP contribution in [-0.4, -0.2) is 28.9 Å². The first kappa shape index (κ1) is 15.3. The van der Waals surface area contributed by atoms with Gasteiger partial charge in [0, 0.05) is 24.2 Å². The number of nitrogens with two attached hydrogens (primary N) is 1. The smallest absolute Gasteiger partial charge is 0.266 e. The fourth-order valence-electron chi connectivity index (χ4n) is 2.93. The Morgan fingerprint density at radius 1 is 1.32 bits per heavy atom. The highest BCUT2D eigenvalue weighted by molar-refractivity contribution is 7.21. The predicted octanol–water partition coefficient (Wildman–Crippen LogP) is 3.85. The summed E-state index contributed by atoms with van der Waals surface area (Å²) in [7, 11) is 0. The minimum Gasteiger partial charge on any atom is -0.397 e. The van der Waals surface area contributed by atoms with Crippen LogP contribution in [0.1, 0.15) is 54.4 Å². The van der Waals surface area contributed by atoms with Crippen molar-refractivity contribution in [1.82, 2.24) is 9.88 Å². The maximum atomic E-state index is 12.7. The Morgan fingerprint density at radius 3 is 2.82 bits per heavy atom. The lowest BCUT2D eigenvalue weighted by molar-refractivity contribution is 0.0730. The van der Waals surface area contributed by atoms with Crippen LogP contribution in [0.25, 0.3) is 10.2 Å². The van der Waals surface area contributed by atoms with Crippen molar-refractivity contribution in [3.63, 3.8) is 0 Å². The van der Waals surface area contributed by atoms with E-state index in [9.17, 15) is 4.79 Å². The van der Waals surface area contributed by atoms with Crippen LogP contribution in [0.15, 0.2) is 12.1 Å². The predicted molar refractivity (Wildman–Crippen MR) is 92.4 cm³/mol. The van der Waals surface area contributed by atoms with Crippen molar-refractivity contribution in [3.8, 4) is 0 Å². The molecule has 1 aliphatic heterocycles. The second-order valence-corrected chi connectivity index (χ2v) is 6.96. The van der Waals surface area contributed by atoms with Crippen LogP contribution in [0.2, 0.25) is 0 Å². The van der Waals surface area contributed by atoms with Crippen molar-refractivity contribution in [2.45, 2.75) is 45.4 Å². The van der Waals surface area contributed by atoms with Crippen LogP contribution < -0.4 is 5.73 Å². The molecule has 2 aromatic heterocycles. The quantitative estimate of drug-likeness (QED) is 0.932. The number of amides is 1. The van der Waals surface area contributed by atoms with Gasteiger partial charge in [0.25, 0.3) is 5.91 Å². The zero-order chi connectivity index (χ0) is 15.5. The molecule has 0 saturated carbocycles. The first-order valence-electron chi connectivity index (χ1n) is 8.18. The van der Waals surface area contributed by atoms with Crippen LogP contribution in [0.3, 0.4) is 0 Å². The number of unbranched alkanes of at least 4 members (excludes halogenated alkanes) is 1. The van der Waals surface area contributed by atoms with Gasteiger partial charge < -0.3 is 10.6 Å². The molecular formula is C17H23N3OS. The molecule has 3 rings (SSSR count). The molecule has 1 fully saturated rings. The van der Waals surface area contributed by atoms with E-state index in [2.05, 4.69) is 11.9 Å². The molecule has 0 radical (unpaired) electrons. The number of fused-ring (bicyclic) bond motifs is 1. The second-order valence-electron chi connectivity index (χ2n) is 5.96. The molecule has 4 nitrogen and oxygen atoms in total. The maximum absolute atomic E-state index is 12.7. The lowest BCUT2D eigenvalue weighted by Crippen LogP contribution is -2.35. The molecule has 2 aromatic rings. The number of rotatable bonds is 4. The first-order valence-corrected chi connectivity index (χ1v) is 8.99. The van der Waals surface area contributed by atoms with Crippen molar-refractivity contribution in [1.29, 1.82) is 0 Å². The zero-order valence-corrected chi connectivity index (χ0v) is 13.9. The summed E-state index contributed by atoms with van der Waals surface area (Å²) in [5.74, 6) is 0.0790. The fourth-order valence-corrected chi connectivity index (χ4v) is 4.01. The summed E-state index contributed by atoms with van der Waals surface area (Å²) in [4.78, 5) is 20.9. The molecule has 22 heavy (non-hydrogen) atoms. The Balaban J connectivity index is 1.89. The number of aryl methyl sites for hydroxylation is 1. The van der Waals surface area contributed by atoms with Gasteiger partial charge >= 0.3 is 0 Å². The molecule has 1 amide bonds. The van der Waals surface area contributed by atoms with Gasteiger partial charge in [-0.1, -0.05) is 13.3 Å². The number of aromatic nitrogens is 1. The molecule has 0 bridgehead atoms. The van der Waals surface area contributed by atoms with Crippen LogP contribution >= 0.6 is 11.3 Å². The molecule has 0 atom stereocenters. The third kappa shape index (κ3) is 2.95. The molecule has 0 aromatic carbocycles. The average Bonchev–Trinajstić information content (AvgIpc) is 2.89. The van der Waals surface area contributed by atoms with Crippen molar-refractivity contribution in [2.24, 2.45) is 0 Å². The Hall–Kier alpha value is -1.62. The lowest BCUT2D eigenvalue weighted by Gasteiger charge is -2.26. The van der Waals surface area contributed by atoms with E-state index >= 15 is 0 Å². The number of hydrogen-bond acceptors (Lipinski definition) is 4. The number of nitrogens with zero attached hydrogens (tertiary/aromatic N) is 2. The van der Waals surface area contributed by atoms with Gasteiger partial charge in [0.05, 0.1) is 5.69 Å². The third-order valence-corrected chi connectivity index (χ3v) is 5.38. The second kappa shape index (κ2) is 6.65. The SMILES string of the molecule is CCCCc1ccc2c(N)c(C(=O)N3CCCCC3)sc2n1. The number of nitrogen functional groups attached to an aromatic ring is 1. The number of carbonyl (C=O) groups is 1. The van der Waals surface area contributed by atoms with E-state index in [0.29, 0.717) is 10.6 Å².